The van der Waals surface area contributed by atoms with Gasteiger partial charge in [-0.25, -0.2) is 5.01 Å². The molecule has 0 saturated carbocycles. The van der Waals surface area contributed by atoms with Gasteiger partial charge in [-0.05, 0) is 7.05 Å². The zero-order valence-electron chi connectivity index (χ0n) is 6.21. The second kappa shape index (κ2) is 3.53. The molecule has 0 bridgehead atoms. The van der Waals surface area contributed by atoms with Crippen molar-refractivity contribution < 1.29 is 4.79 Å². The number of hydrogen-bond acceptors (Lipinski definition) is 3. The average Bonchev–Trinajstić information content (AvgIpc) is 1.95. The Hall–Kier alpha value is -0.610. The van der Waals surface area contributed by atoms with E-state index in [4.69, 9.17) is 0 Å². The summed E-state index contributed by atoms with van der Waals surface area (Å²) in [5.74, 6) is 0. The van der Waals surface area contributed by atoms with Crippen LogP contribution in [-0.2, 0) is 4.79 Å². The summed E-state index contributed by atoms with van der Waals surface area (Å²) in [6.07, 6.45) is 0.728. The highest BCUT2D eigenvalue weighted by molar-refractivity contribution is 5.44. The van der Waals surface area contributed by atoms with E-state index in [-0.39, 0.29) is 0 Å². The molecule has 0 aromatic rings. The Balaban J connectivity index is 2.19. The van der Waals surface area contributed by atoms with Crippen LogP contribution in [-0.4, -0.2) is 49.5 Å². The van der Waals surface area contributed by atoms with Gasteiger partial charge in [0.05, 0.1) is 0 Å². The van der Waals surface area contributed by atoms with Crippen LogP contribution in [0.25, 0.3) is 0 Å². The number of carbonyl (C=O) groups excluding carboxylic acids is 1. The molecular formula is C6H13N3O. The molecule has 0 aromatic heterocycles. The van der Waals surface area contributed by atoms with Crippen LogP contribution in [0.1, 0.15) is 0 Å². The van der Waals surface area contributed by atoms with Gasteiger partial charge in [0.15, 0.2) is 0 Å². The molecular weight excluding hydrogens is 130 g/mol. The van der Waals surface area contributed by atoms with E-state index in [1.807, 2.05) is 5.01 Å². The molecule has 0 atom stereocenters. The Morgan fingerprint density at radius 1 is 1.30 bits per heavy atom. The second-order valence-corrected chi connectivity index (χ2v) is 2.54. The van der Waals surface area contributed by atoms with Crippen LogP contribution in [0.2, 0.25) is 0 Å². The van der Waals surface area contributed by atoms with E-state index in [1.54, 1.807) is 0 Å². The molecule has 1 aliphatic heterocycles. The lowest BCUT2D eigenvalue weighted by Crippen LogP contribution is -2.50. The van der Waals surface area contributed by atoms with Gasteiger partial charge in [-0.3, -0.25) is 10.2 Å². The number of piperazine rings is 1. The average molecular weight is 143 g/mol. The lowest BCUT2D eigenvalue weighted by molar-refractivity contribution is -0.114. The van der Waals surface area contributed by atoms with Crippen LogP contribution >= 0.6 is 0 Å². The first-order chi connectivity index (χ1) is 4.83. The first-order valence-electron chi connectivity index (χ1n) is 3.46. The molecule has 58 valence electrons. The van der Waals surface area contributed by atoms with Crippen LogP contribution in [0.5, 0.6) is 0 Å². The van der Waals surface area contributed by atoms with Crippen LogP contribution in [0, 0.1) is 0 Å². The summed E-state index contributed by atoms with van der Waals surface area (Å²) in [7, 11) is 2.08. The van der Waals surface area contributed by atoms with Crippen molar-refractivity contribution >= 4 is 6.41 Å². The molecule has 1 fully saturated rings. The summed E-state index contributed by atoms with van der Waals surface area (Å²) < 4.78 is 0. The van der Waals surface area contributed by atoms with E-state index in [0.29, 0.717) is 0 Å². The highest BCUT2D eigenvalue weighted by atomic mass is 16.1. The van der Waals surface area contributed by atoms with Gasteiger partial charge in [-0.1, -0.05) is 0 Å². The summed E-state index contributed by atoms with van der Waals surface area (Å²) in [5.41, 5.74) is 2.63. The predicted molar refractivity (Wildman–Crippen MR) is 38.3 cm³/mol. The smallest absolute Gasteiger partial charge is 0.221 e. The molecule has 0 unspecified atom stereocenters. The lowest BCUT2D eigenvalue weighted by atomic mass is 10.4. The van der Waals surface area contributed by atoms with Crippen LogP contribution in [0.15, 0.2) is 0 Å². The fraction of sp³-hybridized carbons (Fsp3) is 0.833. The zero-order chi connectivity index (χ0) is 7.40. The minimum absolute atomic E-state index is 0.728. The topological polar surface area (TPSA) is 35.6 Å². The van der Waals surface area contributed by atoms with E-state index in [2.05, 4.69) is 17.4 Å². The van der Waals surface area contributed by atoms with Crippen molar-refractivity contribution in [3.63, 3.8) is 0 Å². The SMILES string of the molecule is CN1CCN(NC=O)CC1. The van der Waals surface area contributed by atoms with Gasteiger partial charge >= 0.3 is 0 Å². The Bertz CT molecular complexity index is 110. The maximum atomic E-state index is 9.99. The Labute approximate surface area is 60.8 Å². The Morgan fingerprint density at radius 3 is 2.40 bits per heavy atom. The van der Waals surface area contributed by atoms with Crippen molar-refractivity contribution in [3.05, 3.63) is 0 Å². The molecule has 0 aliphatic carbocycles. The van der Waals surface area contributed by atoms with Crippen molar-refractivity contribution in [2.24, 2.45) is 0 Å². The van der Waals surface area contributed by atoms with Gasteiger partial charge in [-0.15, -0.1) is 0 Å². The van der Waals surface area contributed by atoms with E-state index < -0.39 is 0 Å². The van der Waals surface area contributed by atoms with E-state index in [9.17, 15) is 4.79 Å². The minimum atomic E-state index is 0.728. The van der Waals surface area contributed by atoms with Crippen LogP contribution < -0.4 is 5.43 Å². The summed E-state index contributed by atoms with van der Waals surface area (Å²) in [4.78, 5) is 12.2. The van der Waals surface area contributed by atoms with E-state index >= 15 is 0 Å². The Kier molecular flexibility index (Phi) is 2.65. The molecule has 0 radical (unpaired) electrons. The highest BCUT2D eigenvalue weighted by Gasteiger charge is 2.11. The normalized spacial score (nSPS) is 22.5. The summed E-state index contributed by atoms with van der Waals surface area (Å²) >= 11 is 0. The summed E-state index contributed by atoms with van der Waals surface area (Å²) in [6.45, 7) is 3.91. The first-order valence-corrected chi connectivity index (χ1v) is 3.46. The fourth-order valence-corrected chi connectivity index (χ4v) is 1.01. The maximum absolute atomic E-state index is 9.99. The molecule has 1 N–H and O–H groups in total. The number of nitrogens with zero attached hydrogens (tertiary/aromatic N) is 2. The standard InChI is InChI=1S/C6H13N3O/c1-8-2-4-9(5-3-8)7-6-10/h6H,2-5H2,1H3,(H,7,10). The molecule has 1 amide bonds. The summed E-state index contributed by atoms with van der Waals surface area (Å²) in [5, 5.41) is 1.92. The van der Waals surface area contributed by atoms with Crippen molar-refractivity contribution in [3.8, 4) is 0 Å². The number of nitrogens with one attached hydrogen (secondary N) is 1. The predicted octanol–water partition coefficient (Wildman–Crippen LogP) is -1.11. The number of hydrazine groups is 1. The van der Waals surface area contributed by atoms with Gasteiger partial charge in [0.1, 0.15) is 0 Å². The number of hydrogen-bond donors (Lipinski definition) is 1. The van der Waals surface area contributed by atoms with Crippen molar-refractivity contribution in [1.82, 2.24) is 15.3 Å². The monoisotopic (exact) mass is 143 g/mol. The molecule has 0 aromatic carbocycles. The third-order valence-corrected chi connectivity index (χ3v) is 1.74. The number of amides is 1. The van der Waals surface area contributed by atoms with Gasteiger partial charge < -0.3 is 4.90 Å². The molecule has 4 nitrogen and oxygen atoms in total. The van der Waals surface area contributed by atoms with Gasteiger partial charge in [0.2, 0.25) is 6.41 Å². The molecule has 1 rings (SSSR count). The number of carbonyl (C=O) groups is 1. The van der Waals surface area contributed by atoms with Crippen LogP contribution in [0.4, 0.5) is 0 Å². The second-order valence-electron chi connectivity index (χ2n) is 2.54. The van der Waals surface area contributed by atoms with Gasteiger partial charge in [0, 0.05) is 26.2 Å². The minimum Gasteiger partial charge on any atom is -0.304 e. The first kappa shape index (κ1) is 7.50. The highest BCUT2D eigenvalue weighted by Crippen LogP contribution is 1.93. The number of likely N-dealkylation sites (N-methyl/N-ethyl adjacent to an activating group) is 1. The van der Waals surface area contributed by atoms with Crippen LogP contribution in [0.3, 0.4) is 0 Å². The molecule has 4 heteroatoms. The lowest BCUT2D eigenvalue weighted by Gasteiger charge is -2.30. The Morgan fingerprint density at radius 2 is 1.90 bits per heavy atom. The largest absolute Gasteiger partial charge is 0.304 e. The zero-order valence-corrected chi connectivity index (χ0v) is 6.21. The molecule has 1 saturated heterocycles. The van der Waals surface area contributed by atoms with Crippen molar-refractivity contribution in [2.75, 3.05) is 33.2 Å². The van der Waals surface area contributed by atoms with Gasteiger partial charge in [-0.2, -0.15) is 0 Å². The van der Waals surface area contributed by atoms with E-state index in [0.717, 1.165) is 32.6 Å². The summed E-state index contributed by atoms with van der Waals surface area (Å²) in [6, 6.07) is 0. The molecule has 1 heterocycles. The molecule has 1 aliphatic rings. The van der Waals surface area contributed by atoms with Crippen molar-refractivity contribution in [1.29, 1.82) is 0 Å². The maximum Gasteiger partial charge on any atom is 0.221 e. The quantitative estimate of drug-likeness (QED) is 0.498. The number of rotatable bonds is 2. The van der Waals surface area contributed by atoms with Crippen molar-refractivity contribution in [2.45, 2.75) is 0 Å². The third kappa shape index (κ3) is 1.97. The molecule has 0 spiro atoms. The molecule has 10 heavy (non-hydrogen) atoms. The van der Waals surface area contributed by atoms with E-state index in [1.165, 1.54) is 0 Å². The fourth-order valence-electron chi connectivity index (χ4n) is 1.01. The van der Waals surface area contributed by atoms with Gasteiger partial charge in [0.25, 0.3) is 0 Å². The third-order valence-electron chi connectivity index (χ3n) is 1.74.